The molecule has 0 radical (unpaired) electrons. The lowest BCUT2D eigenvalue weighted by atomic mass is 10.1. The monoisotopic (exact) mass is 450 g/mol. The molecule has 0 saturated carbocycles. The van der Waals surface area contributed by atoms with Gasteiger partial charge in [0.15, 0.2) is 5.65 Å². The summed E-state index contributed by atoms with van der Waals surface area (Å²) >= 11 is 5.96. The van der Waals surface area contributed by atoms with Crippen LogP contribution in [-0.2, 0) is 4.74 Å². The van der Waals surface area contributed by atoms with Gasteiger partial charge < -0.3 is 9.64 Å². The van der Waals surface area contributed by atoms with E-state index in [4.69, 9.17) is 26.3 Å². The molecule has 0 aliphatic carbocycles. The number of ether oxygens (including phenoxy) is 1. The Morgan fingerprint density at radius 1 is 1.06 bits per heavy atom. The minimum absolute atomic E-state index is 0.218. The molecule has 1 unspecified atom stereocenters. The van der Waals surface area contributed by atoms with E-state index in [9.17, 15) is 4.39 Å². The molecule has 32 heavy (non-hydrogen) atoms. The molecule has 162 valence electrons. The topological polar surface area (TPSA) is 76.9 Å². The highest BCUT2D eigenvalue weighted by molar-refractivity contribution is 6.30. The van der Waals surface area contributed by atoms with Gasteiger partial charge in [-0.2, -0.15) is 4.98 Å². The largest absolute Gasteiger partial charge is 0.370 e. The number of rotatable bonds is 3. The molecule has 0 spiro atoms. The number of hydrogen-bond donors (Lipinski definition) is 0. The molecule has 3 aromatic heterocycles. The minimum atomic E-state index is -0.444. The highest BCUT2D eigenvalue weighted by atomic mass is 35.5. The molecular formula is C23H20ClFN6O. The number of morpholine rings is 1. The van der Waals surface area contributed by atoms with Crippen LogP contribution < -0.4 is 4.90 Å². The predicted octanol–water partition coefficient (Wildman–Crippen LogP) is 4.47. The van der Waals surface area contributed by atoms with Crippen molar-refractivity contribution in [1.82, 2.24) is 24.9 Å². The Hall–Kier alpha value is -3.23. The number of anilines is 1. The molecule has 4 heterocycles. The van der Waals surface area contributed by atoms with E-state index in [2.05, 4.69) is 15.0 Å². The van der Waals surface area contributed by atoms with Crippen LogP contribution in [0, 0.1) is 19.7 Å². The van der Waals surface area contributed by atoms with E-state index >= 15 is 0 Å². The zero-order valence-electron chi connectivity index (χ0n) is 17.6. The van der Waals surface area contributed by atoms with Crippen molar-refractivity contribution in [3.8, 4) is 11.3 Å². The smallest absolute Gasteiger partial charge is 0.228 e. The second-order valence-corrected chi connectivity index (χ2v) is 8.13. The summed E-state index contributed by atoms with van der Waals surface area (Å²) in [6.07, 6.45) is 3.33. The molecule has 1 fully saturated rings. The molecule has 5 rings (SSSR count). The third-order valence-electron chi connectivity index (χ3n) is 5.40. The fraction of sp³-hybridized carbons (Fsp3) is 0.261. The predicted molar refractivity (Wildman–Crippen MR) is 120 cm³/mol. The Labute approximate surface area is 189 Å². The second-order valence-electron chi connectivity index (χ2n) is 7.69. The molecule has 9 heteroatoms. The standard InChI is InChI=1S/C23H20ClFN6O/c1-13-3-5-18-21(17-6-4-16(24)9-19(17)25)29-23(30-22(18)28-13)31-7-8-32-20(12-31)15-10-26-14(2)27-11-15/h3-6,9-11,20H,7-8,12H2,1-2H3. The average Bonchev–Trinajstić information content (AvgIpc) is 2.79. The first-order valence-corrected chi connectivity index (χ1v) is 10.6. The van der Waals surface area contributed by atoms with E-state index in [1.54, 1.807) is 24.5 Å². The number of pyridine rings is 1. The van der Waals surface area contributed by atoms with Crippen molar-refractivity contribution in [3.05, 3.63) is 70.6 Å². The van der Waals surface area contributed by atoms with E-state index in [1.807, 2.05) is 30.9 Å². The van der Waals surface area contributed by atoms with Crippen molar-refractivity contribution < 1.29 is 9.13 Å². The number of fused-ring (bicyclic) bond motifs is 1. The average molecular weight is 451 g/mol. The Kier molecular flexibility index (Phi) is 5.40. The first-order chi connectivity index (χ1) is 15.5. The Balaban J connectivity index is 1.58. The van der Waals surface area contributed by atoms with E-state index in [-0.39, 0.29) is 6.10 Å². The van der Waals surface area contributed by atoms with E-state index in [1.165, 1.54) is 6.07 Å². The van der Waals surface area contributed by atoms with Gasteiger partial charge in [-0.15, -0.1) is 0 Å². The quantitative estimate of drug-likeness (QED) is 0.455. The van der Waals surface area contributed by atoms with Crippen molar-refractivity contribution in [1.29, 1.82) is 0 Å². The van der Waals surface area contributed by atoms with Crippen LogP contribution >= 0.6 is 11.6 Å². The van der Waals surface area contributed by atoms with Gasteiger partial charge in [-0.3, -0.25) is 0 Å². The molecule has 7 nitrogen and oxygen atoms in total. The maximum atomic E-state index is 14.8. The minimum Gasteiger partial charge on any atom is -0.370 e. The third kappa shape index (κ3) is 3.99. The van der Waals surface area contributed by atoms with Gasteiger partial charge in [0, 0.05) is 46.2 Å². The van der Waals surface area contributed by atoms with Crippen LogP contribution in [0.25, 0.3) is 22.3 Å². The van der Waals surface area contributed by atoms with Crippen molar-refractivity contribution in [2.45, 2.75) is 20.0 Å². The second kappa shape index (κ2) is 8.37. The highest BCUT2D eigenvalue weighted by Crippen LogP contribution is 2.32. The molecule has 1 aliphatic rings. The number of aromatic nitrogens is 5. The third-order valence-corrected chi connectivity index (χ3v) is 5.63. The van der Waals surface area contributed by atoms with Crippen LogP contribution in [0.3, 0.4) is 0 Å². The molecule has 0 amide bonds. The maximum Gasteiger partial charge on any atom is 0.228 e. The van der Waals surface area contributed by atoms with Crippen molar-refractivity contribution >= 4 is 28.6 Å². The normalized spacial score (nSPS) is 16.5. The van der Waals surface area contributed by atoms with E-state index in [0.29, 0.717) is 58.8 Å². The summed E-state index contributed by atoms with van der Waals surface area (Å²) in [4.78, 5) is 24.6. The number of nitrogens with zero attached hydrogens (tertiary/aromatic N) is 6. The molecule has 1 aliphatic heterocycles. The van der Waals surface area contributed by atoms with Crippen LogP contribution in [0.1, 0.15) is 23.2 Å². The lowest BCUT2D eigenvalue weighted by molar-refractivity contribution is 0.0388. The maximum absolute atomic E-state index is 14.8. The number of hydrogen-bond acceptors (Lipinski definition) is 7. The SMILES string of the molecule is Cc1ccc2c(-c3ccc(Cl)cc3F)nc(N3CCOC(c4cnc(C)nc4)C3)nc2n1. The zero-order chi connectivity index (χ0) is 22.2. The summed E-state index contributed by atoms with van der Waals surface area (Å²) in [5.41, 5.74) is 3.06. The van der Waals surface area contributed by atoms with Crippen molar-refractivity contribution in [2.75, 3.05) is 24.6 Å². The Bertz CT molecular complexity index is 1300. The molecule has 1 aromatic carbocycles. The Morgan fingerprint density at radius 2 is 1.88 bits per heavy atom. The molecule has 1 atom stereocenters. The van der Waals surface area contributed by atoms with E-state index in [0.717, 1.165) is 11.3 Å². The van der Waals surface area contributed by atoms with Crippen LogP contribution in [0.5, 0.6) is 0 Å². The van der Waals surface area contributed by atoms with Crippen molar-refractivity contribution in [3.63, 3.8) is 0 Å². The Morgan fingerprint density at radius 3 is 2.66 bits per heavy atom. The lowest BCUT2D eigenvalue weighted by Gasteiger charge is -2.33. The van der Waals surface area contributed by atoms with Gasteiger partial charge in [-0.05, 0) is 44.2 Å². The summed E-state index contributed by atoms with van der Waals surface area (Å²) in [7, 11) is 0. The fourth-order valence-electron chi connectivity index (χ4n) is 3.72. The van der Waals surface area contributed by atoms with Gasteiger partial charge in [0.05, 0.1) is 18.8 Å². The van der Waals surface area contributed by atoms with Gasteiger partial charge in [0.1, 0.15) is 17.7 Å². The van der Waals surface area contributed by atoms with Gasteiger partial charge in [-0.1, -0.05) is 11.6 Å². The number of benzene rings is 1. The van der Waals surface area contributed by atoms with Gasteiger partial charge >= 0.3 is 0 Å². The first-order valence-electron chi connectivity index (χ1n) is 10.2. The van der Waals surface area contributed by atoms with E-state index < -0.39 is 5.82 Å². The molecule has 0 bridgehead atoms. The highest BCUT2D eigenvalue weighted by Gasteiger charge is 2.26. The van der Waals surface area contributed by atoms with Crippen LogP contribution in [0.15, 0.2) is 42.7 Å². The number of aryl methyl sites for hydroxylation is 2. The summed E-state index contributed by atoms with van der Waals surface area (Å²) in [6.45, 7) is 5.35. The van der Waals surface area contributed by atoms with Crippen LogP contribution in [0.4, 0.5) is 10.3 Å². The fourth-order valence-corrected chi connectivity index (χ4v) is 3.88. The van der Waals surface area contributed by atoms with Crippen molar-refractivity contribution in [2.24, 2.45) is 0 Å². The summed E-state index contributed by atoms with van der Waals surface area (Å²) in [5, 5.41) is 1.01. The lowest BCUT2D eigenvalue weighted by Crippen LogP contribution is -2.39. The summed E-state index contributed by atoms with van der Waals surface area (Å²) in [5.74, 6) is 0.734. The molecule has 4 aromatic rings. The summed E-state index contributed by atoms with van der Waals surface area (Å²) in [6, 6.07) is 8.31. The number of halogens is 2. The van der Waals surface area contributed by atoms with Gasteiger partial charge in [0.25, 0.3) is 0 Å². The molecule has 1 saturated heterocycles. The van der Waals surface area contributed by atoms with Gasteiger partial charge in [-0.25, -0.2) is 24.3 Å². The van der Waals surface area contributed by atoms with Crippen LogP contribution in [-0.4, -0.2) is 44.6 Å². The zero-order valence-corrected chi connectivity index (χ0v) is 18.3. The van der Waals surface area contributed by atoms with Gasteiger partial charge in [0.2, 0.25) is 5.95 Å². The molecule has 0 N–H and O–H groups in total. The van der Waals surface area contributed by atoms with Crippen LogP contribution in [0.2, 0.25) is 5.02 Å². The summed E-state index contributed by atoms with van der Waals surface area (Å²) < 4.78 is 20.8. The first kappa shape index (κ1) is 20.7. The molecular weight excluding hydrogens is 431 g/mol.